The molecule has 0 radical (unpaired) electrons. The molecule has 1 aliphatic rings. The van der Waals surface area contributed by atoms with Crippen molar-refractivity contribution in [2.45, 2.75) is 45.8 Å². The monoisotopic (exact) mass is 365 g/mol. The summed E-state index contributed by atoms with van der Waals surface area (Å²) >= 11 is 1.15. The second-order valence-electron chi connectivity index (χ2n) is 7.64. The molecule has 1 aliphatic heterocycles. The van der Waals surface area contributed by atoms with Crippen LogP contribution in [0.1, 0.15) is 34.6 Å². The Morgan fingerprint density at radius 3 is 2.72 bits per heavy atom. The van der Waals surface area contributed by atoms with Crippen molar-refractivity contribution in [1.82, 2.24) is 0 Å². The van der Waals surface area contributed by atoms with Crippen LogP contribution in [0.2, 0.25) is 0 Å². The Labute approximate surface area is 150 Å². The topological polar surface area (TPSA) is 56.8 Å². The Morgan fingerprint density at radius 2 is 2.12 bits per heavy atom. The highest BCUT2D eigenvalue weighted by atomic mass is 32.1. The summed E-state index contributed by atoms with van der Waals surface area (Å²) in [6.07, 6.45) is -0.574. The predicted molar refractivity (Wildman–Crippen MR) is 98.1 cm³/mol. The number of ether oxygens (including phenoxy) is 1. The number of thiophene rings is 1. The molecule has 2 heterocycles. The Hall–Kier alpha value is -1.64. The van der Waals surface area contributed by atoms with Gasteiger partial charge >= 0.3 is 13.2 Å². The zero-order valence-electron chi connectivity index (χ0n) is 14.9. The summed E-state index contributed by atoms with van der Waals surface area (Å²) in [6, 6.07) is 4.78. The number of benzene rings is 1. The minimum Gasteiger partial charge on any atom is -0.444 e. The minimum absolute atomic E-state index is 0.349. The maximum absolute atomic E-state index is 14.2. The summed E-state index contributed by atoms with van der Waals surface area (Å²) in [4.78, 5) is 11.9. The van der Waals surface area contributed by atoms with Crippen LogP contribution in [0.3, 0.4) is 0 Å². The number of hydrogen-bond acceptors (Lipinski definition) is 5. The number of rotatable bonds is 2. The highest BCUT2D eigenvalue weighted by Crippen LogP contribution is 2.32. The summed E-state index contributed by atoms with van der Waals surface area (Å²) in [6.45, 7) is 9.70. The second kappa shape index (κ2) is 6.27. The third-order valence-corrected chi connectivity index (χ3v) is 4.61. The van der Waals surface area contributed by atoms with E-state index in [9.17, 15) is 9.18 Å². The van der Waals surface area contributed by atoms with Gasteiger partial charge in [0.1, 0.15) is 11.4 Å². The minimum atomic E-state index is -0.603. The molecule has 0 atom stereocenters. The molecule has 0 saturated carbocycles. The average molecular weight is 365 g/mol. The van der Waals surface area contributed by atoms with E-state index >= 15 is 0 Å². The zero-order valence-corrected chi connectivity index (χ0v) is 15.8. The summed E-state index contributed by atoms with van der Waals surface area (Å²) in [5.41, 5.74) is -0.247. The van der Waals surface area contributed by atoms with E-state index in [0.29, 0.717) is 21.7 Å². The third-order valence-electron chi connectivity index (χ3n) is 3.56. The molecular weight excluding hydrogens is 344 g/mol. The molecule has 0 spiro atoms. The van der Waals surface area contributed by atoms with Gasteiger partial charge in [-0.25, -0.2) is 9.18 Å². The summed E-state index contributed by atoms with van der Waals surface area (Å²) < 4.78 is 31.5. The molecule has 25 heavy (non-hydrogen) atoms. The average Bonchev–Trinajstić information content (AvgIpc) is 3.01. The predicted octanol–water partition coefficient (Wildman–Crippen LogP) is 3.91. The van der Waals surface area contributed by atoms with Crippen molar-refractivity contribution in [2.24, 2.45) is 0 Å². The van der Waals surface area contributed by atoms with Crippen LogP contribution in [0.4, 0.5) is 14.2 Å². The van der Waals surface area contributed by atoms with Gasteiger partial charge in [-0.15, -0.1) is 11.3 Å². The zero-order chi connectivity index (χ0) is 18.4. The molecule has 8 heteroatoms. The summed E-state index contributed by atoms with van der Waals surface area (Å²) in [5.74, 6) is -0.349. The first-order chi connectivity index (χ1) is 11.5. The first-order valence-electron chi connectivity index (χ1n) is 8.05. The lowest BCUT2D eigenvalue weighted by Crippen LogP contribution is -2.34. The van der Waals surface area contributed by atoms with Crippen molar-refractivity contribution in [3.63, 3.8) is 0 Å². The molecule has 1 amide bonds. The van der Waals surface area contributed by atoms with E-state index in [-0.39, 0.29) is 11.4 Å². The highest BCUT2D eigenvalue weighted by molar-refractivity contribution is 7.23. The lowest BCUT2D eigenvalue weighted by molar-refractivity contribution is 0.0636. The van der Waals surface area contributed by atoms with Gasteiger partial charge in [0, 0.05) is 0 Å². The maximum atomic E-state index is 14.2. The van der Waals surface area contributed by atoms with Crippen LogP contribution in [0.25, 0.3) is 10.1 Å². The van der Waals surface area contributed by atoms with E-state index in [1.165, 1.54) is 6.07 Å². The van der Waals surface area contributed by atoms with Crippen molar-refractivity contribution in [1.29, 1.82) is 0 Å². The van der Waals surface area contributed by atoms with Gasteiger partial charge in [0.15, 0.2) is 0 Å². The van der Waals surface area contributed by atoms with Crippen LogP contribution in [-0.2, 0) is 14.0 Å². The molecule has 0 aliphatic carbocycles. The van der Waals surface area contributed by atoms with Gasteiger partial charge < -0.3 is 14.0 Å². The summed E-state index contributed by atoms with van der Waals surface area (Å²) in [7, 11) is -0.554. The Bertz CT molecular complexity index is 815. The highest BCUT2D eigenvalue weighted by Gasteiger charge is 2.39. The molecule has 1 aromatic carbocycles. The van der Waals surface area contributed by atoms with Crippen molar-refractivity contribution in [3.05, 3.63) is 24.0 Å². The number of carbonyl (C=O) groups excluding carboxylic acids is 1. The first-order valence-corrected chi connectivity index (χ1v) is 8.87. The van der Waals surface area contributed by atoms with Gasteiger partial charge in [0.25, 0.3) is 0 Å². The van der Waals surface area contributed by atoms with E-state index in [2.05, 4.69) is 5.32 Å². The Balaban J connectivity index is 1.90. The molecule has 5 nitrogen and oxygen atoms in total. The van der Waals surface area contributed by atoms with E-state index in [1.807, 2.05) is 13.8 Å². The maximum Gasteiger partial charge on any atom is 0.495 e. The standard InChI is InChI=1S/C17H21BFNO4S/c1-16(2,3)23-15(21)20-13-8-10-11(6-7-12(19)14(10)25-13)18-22-9-17(4,5)24-18/h6-8H,9H2,1-5H3,(H,20,21). The van der Waals surface area contributed by atoms with Gasteiger partial charge in [0.2, 0.25) is 0 Å². The molecule has 0 bridgehead atoms. The molecule has 1 fully saturated rings. The molecule has 134 valence electrons. The van der Waals surface area contributed by atoms with Crippen LogP contribution in [-0.4, -0.2) is 31.0 Å². The van der Waals surface area contributed by atoms with Crippen LogP contribution in [0.5, 0.6) is 0 Å². The number of nitrogens with one attached hydrogen (secondary N) is 1. The Morgan fingerprint density at radius 1 is 1.40 bits per heavy atom. The number of halogens is 1. The van der Waals surface area contributed by atoms with Gasteiger partial charge in [-0.1, -0.05) is 6.07 Å². The van der Waals surface area contributed by atoms with E-state index in [1.54, 1.807) is 32.9 Å². The van der Waals surface area contributed by atoms with Gasteiger partial charge in [-0.2, -0.15) is 0 Å². The summed E-state index contributed by atoms with van der Waals surface area (Å²) in [5, 5.41) is 3.83. The van der Waals surface area contributed by atoms with Crippen molar-refractivity contribution >= 4 is 45.1 Å². The largest absolute Gasteiger partial charge is 0.495 e. The number of hydrogen-bond donors (Lipinski definition) is 1. The number of carbonyl (C=O) groups is 1. The quantitative estimate of drug-likeness (QED) is 0.820. The molecule has 1 saturated heterocycles. The SMILES string of the molecule is CC(C)(C)OC(=O)Nc1cc2c(B3OCC(C)(C)O3)ccc(F)c2s1. The van der Waals surface area contributed by atoms with Gasteiger partial charge in [-0.3, -0.25) is 5.32 Å². The van der Waals surface area contributed by atoms with E-state index in [0.717, 1.165) is 16.8 Å². The molecule has 2 aromatic rings. The fraction of sp³-hybridized carbons (Fsp3) is 0.471. The van der Waals surface area contributed by atoms with Crippen LogP contribution in [0, 0.1) is 5.82 Å². The molecule has 1 aromatic heterocycles. The van der Waals surface area contributed by atoms with Crippen LogP contribution >= 0.6 is 11.3 Å². The molecular formula is C17H21BFNO4S. The smallest absolute Gasteiger partial charge is 0.444 e. The van der Waals surface area contributed by atoms with Crippen LogP contribution < -0.4 is 10.8 Å². The van der Waals surface area contributed by atoms with Crippen molar-refractivity contribution in [3.8, 4) is 0 Å². The second-order valence-corrected chi connectivity index (χ2v) is 8.69. The van der Waals surface area contributed by atoms with Crippen molar-refractivity contribution in [2.75, 3.05) is 11.9 Å². The molecule has 1 N–H and O–H groups in total. The van der Waals surface area contributed by atoms with Crippen molar-refractivity contribution < 1.29 is 23.2 Å². The first kappa shape index (κ1) is 18.2. The van der Waals surface area contributed by atoms with Gasteiger partial charge in [-0.05, 0) is 57.6 Å². The lowest BCUT2D eigenvalue weighted by atomic mass is 9.77. The number of fused-ring (bicyclic) bond motifs is 1. The number of amides is 1. The molecule has 0 unspecified atom stereocenters. The molecule has 3 rings (SSSR count). The lowest BCUT2D eigenvalue weighted by Gasteiger charge is -2.19. The van der Waals surface area contributed by atoms with E-state index in [4.69, 9.17) is 14.0 Å². The fourth-order valence-corrected chi connectivity index (χ4v) is 3.55. The van der Waals surface area contributed by atoms with Crippen LogP contribution in [0.15, 0.2) is 18.2 Å². The fourth-order valence-electron chi connectivity index (χ4n) is 2.57. The third kappa shape index (κ3) is 4.13. The number of anilines is 1. The van der Waals surface area contributed by atoms with E-state index < -0.39 is 18.8 Å². The Kier molecular flexibility index (Phi) is 4.55. The van der Waals surface area contributed by atoms with Gasteiger partial charge in [0.05, 0.1) is 21.9 Å². The normalized spacial score (nSPS) is 17.1.